The minimum absolute atomic E-state index is 0.0274. The third-order valence-electron chi connectivity index (χ3n) is 2.79. The molecule has 0 aliphatic carbocycles. The molecule has 1 aromatic rings. The highest BCUT2D eigenvalue weighted by atomic mass is 32.1. The molecule has 0 radical (unpaired) electrons. The molecule has 1 atom stereocenters. The number of amides is 1. The summed E-state index contributed by atoms with van der Waals surface area (Å²) in [6.07, 6.45) is 1.82. The average Bonchev–Trinajstić information content (AvgIpc) is 2.96. The first-order chi connectivity index (χ1) is 7.76. The smallest absolute Gasteiger partial charge is 0.273 e. The van der Waals surface area contributed by atoms with Gasteiger partial charge in [0, 0.05) is 18.5 Å². The van der Waals surface area contributed by atoms with Crippen LogP contribution in [0.5, 0.6) is 0 Å². The second kappa shape index (κ2) is 4.90. The van der Waals surface area contributed by atoms with Gasteiger partial charge in [0.05, 0.1) is 12.6 Å². The van der Waals surface area contributed by atoms with Crippen LogP contribution in [0.15, 0.2) is 5.38 Å². The molecular formula is C10H15N3O2S. The van der Waals surface area contributed by atoms with Gasteiger partial charge in [0.25, 0.3) is 5.91 Å². The molecule has 16 heavy (non-hydrogen) atoms. The normalized spacial score (nSPS) is 20.4. The van der Waals surface area contributed by atoms with Crippen LogP contribution in [0, 0.1) is 0 Å². The maximum absolute atomic E-state index is 12.1. The van der Waals surface area contributed by atoms with Crippen molar-refractivity contribution in [3.05, 3.63) is 16.1 Å². The lowest BCUT2D eigenvalue weighted by molar-refractivity contribution is 0.0672. The van der Waals surface area contributed by atoms with Crippen LogP contribution in [-0.4, -0.2) is 40.1 Å². The summed E-state index contributed by atoms with van der Waals surface area (Å²) >= 11 is 1.40. The Bertz CT molecular complexity index is 380. The zero-order valence-electron chi connectivity index (χ0n) is 8.93. The van der Waals surface area contributed by atoms with Gasteiger partial charge in [-0.1, -0.05) is 0 Å². The van der Waals surface area contributed by atoms with Crippen LogP contribution in [0.1, 0.15) is 28.3 Å². The zero-order chi connectivity index (χ0) is 11.5. The maximum atomic E-state index is 12.1. The van der Waals surface area contributed by atoms with Gasteiger partial charge in [-0.3, -0.25) is 4.79 Å². The van der Waals surface area contributed by atoms with Crippen molar-refractivity contribution in [2.24, 2.45) is 5.73 Å². The highest BCUT2D eigenvalue weighted by molar-refractivity contribution is 7.09. The van der Waals surface area contributed by atoms with Gasteiger partial charge in [0.15, 0.2) is 0 Å². The summed E-state index contributed by atoms with van der Waals surface area (Å²) in [6.45, 7) is 1.10. The molecule has 2 heterocycles. The second-order valence-corrected chi connectivity index (χ2v) is 4.75. The van der Waals surface area contributed by atoms with Crippen molar-refractivity contribution in [1.29, 1.82) is 0 Å². The van der Waals surface area contributed by atoms with Crippen LogP contribution < -0.4 is 5.73 Å². The molecule has 0 bridgehead atoms. The Morgan fingerprint density at radius 1 is 1.75 bits per heavy atom. The molecule has 88 valence electrons. The summed E-state index contributed by atoms with van der Waals surface area (Å²) in [5, 5.41) is 11.7. The number of hydrogen-bond donors (Lipinski definition) is 2. The van der Waals surface area contributed by atoms with E-state index in [0.29, 0.717) is 18.8 Å². The number of carbonyl (C=O) groups is 1. The van der Waals surface area contributed by atoms with Gasteiger partial charge in [-0.25, -0.2) is 4.98 Å². The molecule has 1 aliphatic heterocycles. The Balaban J connectivity index is 2.12. The molecule has 0 unspecified atom stereocenters. The van der Waals surface area contributed by atoms with Crippen LogP contribution >= 0.6 is 11.3 Å². The van der Waals surface area contributed by atoms with E-state index in [0.717, 1.165) is 17.8 Å². The minimum Gasteiger partial charge on any atom is -0.394 e. The number of thiazole rings is 1. The summed E-state index contributed by atoms with van der Waals surface area (Å²) in [6, 6.07) is -0.0458. The third-order valence-corrected chi connectivity index (χ3v) is 3.67. The summed E-state index contributed by atoms with van der Waals surface area (Å²) in [7, 11) is 0. The topological polar surface area (TPSA) is 79.5 Å². The van der Waals surface area contributed by atoms with Crippen LogP contribution in [0.4, 0.5) is 0 Å². The van der Waals surface area contributed by atoms with Gasteiger partial charge < -0.3 is 15.7 Å². The van der Waals surface area contributed by atoms with Gasteiger partial charge in [-0.2, -0.15) is 0 Å². The molecule has 5 nitrogen and oxygen atoms in total. The Kier molecular flexibility index (Phi) is 3.52. The Morgan fingerprint density at radius 3 is 3.19 bits per heavy atom. The fourth-order valence-corrected chi connectivity index (χ4v) is 2.59. The van der Waals surface area contributed by atoms with E-state index in [9.17, 15) is 4.79 Å². The molecule has 1 aliphatic rings. The van der Waals surface area contributed by atoms with Crippen LogP contribution in [0.3, 0.4) is 0 Å². The van der Waals surface area contributed by atoms with E-state index in [2.05, 4.69) is 4.98 Å². The number of aliphatic hydroxyl groups excluding tert-OH is 1. The number of aromatic nitrogens is 1. The SMILES string of the molecule is NCc1nc(C(=O)N2CCC[C@H]2CO)cs1. The van der Waals surface area contributed by atoms with Crippen LogP contribution in [0.25, 0.3) is 0 Å². The molecule has 1 aromatic heterocycles. The van der Waals surface area contributed by atoms with Crippen molar-refractivity contribution in [3.8, 4) is 0 Å². The molecular weight excluding hydrogens is 226 g/mol. The lowest BCUT2D eigenvalue weighted by Crippen LogP contribution is -2.37. The first kappa shape index (κ1) is 11.5. The number of likely N-dealkylation sites (tertiary alicyclic amines) is 1. The van der Waals surface area contributed by atoms with Crippen LogP contribution in [-0.2, 0) is 6.54 Å². The summed E-state index contributed by atoms with van der Waals surface area (Å²) < 4.78 is 0. The number of carbonyl (C=O) groups excluding carboxylic acids is 1. The number of hydrogen-bond acceptors (Lipinski definition) is 5. The molecule has 0 saturated carbocycles. The van der Waals surface area contributed by atoms with Gasteiger partial charge >= 0.3 is 0 Å². The largest absolute Gasteiger partial charge is 0.394 e. The molecule has 1 saturated heterocycles. The predicted octanol–water partition coefficient (Wildman–Crippen LogP) is 0.199. The van der Waals surface area contributed by atoms with Gasteiger partial charge in [-0.05, 0) is 12.8 Å². The summed E-state index contributed by atoms with van der Waals surface area (Å²) in [5.41, 5.74) is 5.90. The van der Waals surface area contributed by atoms with Crippen molar-refractivity contribution in [2.45, 2.75) is 25.4 Å². The fraction of sp³-hybridized carbons (Fsp3) is 0.600. The first-order valence-electron chi connectivity index (χ1n) is 5.32. The predicted molar refractivity (Wildman–Crippen MR) is 61.1 cm³/mol. The van der Waals surface area contributed by atoms with Gasteiger partial charge in [0.2, 0.25) is 0 Å². The van der Waals surface area contributed by atoms with E-state index in [1.807, 2.05) is 0 Å². The van der Waals surface area contributed by atoms with Crippen molar-refractivity contribution >= 4 is 17.2 Å². The number of nitrogens with two attached hydrogens (primary N) is 1. The number of rotatable bonds is 3. The van der Waals surface area contributed by atoms with Crippen molar-refractivity contribution in [3.63, 3.8) is 0 Å². The molecule has 1 amide bonds. The molecule has 2 rings (SSSR count). The molecule has 0 spiro atoms. The van der Waals surface area contributed by atoms with Gasteiger partial charge in [0.1, 0.15) is 10.7 Å². The highest BCUT2D eigenvalue weighted by Gasteiger charge is 2.29. The summed E-state index contributed by atoms with van der Waals surface area (Å²) in [4.78, 5) is 17.9. The molecule has 6 heteroatoms. The average molecular weight is 241 g/mol. The van der Waals surface area contributed by atoms with E-state index in [4.69, 9.17) is 10.8 Å². The first-order valence-corrected chi connectivity index (χ1v) is 6.20. The quantitative estimate of drug-likeness (QED) is 0.792. The number of aliphatic hydroxyl groups is 1. The Morgan fingerprint density at radius 2 is 2.56 bits per heavy atom. The summed E-state index contributed by atoms with van der Waals surface area (Å²) in [5.74, 6) is -0.0903. The van der Waals surface area contributed by atoms with E-state index < -0.39 is 0 Å². The zero-order valence-corrected chi connectivity index (χ0v) is 9.74. The van der Waals surface area contributed by atoms with E-state index in [1.165, 1.54) is 11.3 Å². The van der Waals surface area contributed by atoms with Crippen molar-refractivity contribution in [1.82, 2.24) is 9.88 Å². The van der Waals surface area contributed by atoms with E-state index in [-0.39, 0.29) is 18.6 Å². The van der Waals surface area contributed by atoms with E-state index in [1.54, 1.807) is 10.3 Å². The monoisotopic (exact) mass is 241 g/mol. The molecule has 3 N–H and O–H groups in total. The second-order valence-electron chi connectivity index (χ2n) is 3.81. The van der Waals surface area contributed by atoms with Gasteiger partial charge in [-0.15, -0.1) is 11.3 Å². The van der Waals surface area contributed by atoms with Crippen molar-refractivity contribution < 1.29 is 9.90 Å². The fourth-order valence-electron chi connectivity index (χ4n) is 1.94. The Labute approximate surface area is 97.9 Å². The lowest BCUT2D eigenvalue weighted by atomic mass is 10.2. The van der Waals surface area contributed by atoms with E-state index >= 15 is 0 Å². The Hall–Kier alpha value is -0.980. The third kappa shape index (κ3) is 2.09. The molecule has 0 aromatic carbocycles. The molecule has 1 fully saturated rings. The minimum atomic E-state index is -0.0903. The standard InChI is InChI=1S/C10H15N3O2S/c11-4-9-12-8(6-16-9)10(15)13-3-1-2-7(13)5-14/h6-7,14H,1-5,11H2/t7-/m0/s1. The lowest BCUT2D eigenvalue weighted by Gasteiger charge is -2.21. The number of nitrogens with zero attached hydrogens (tertiary/aromatic N) is 2. The van der Waals surface area contributed by atoms with Crippen LogP contribution in [0.2, 0.25) is 0 Å². The van der Waals surface area contributed by atoms with Crippen molar-refractivity contribution in [2.75, 3.05) is 13.2 Å². The maximum Gasteiger partial charge on any atom is 0.273 e. The highest BCUT2D eigenvalue weighted by Crippen LogP contribution is 2.20.